The highest BCUT2D eigenvalue weighted by atomic mass is 35.5. The SMILES string of the molecule is O=C(c1ccccc1)c1cc(Cl)ccc1NC(=O)[C@H](Cc1ccccc1)N1C(=O)[C@@H]2[C@H](C1=O)C1(Cl)c3ccccc3C2(Cl)c2ccccc21. The summed E-state index contributed by atoms with van der Waals surface area (Å²) in [5.41, 5.74) is 4.18. The predicted molar refractivity (Wildman–Crippen MR) is 189 cm³/mol. The van der Waals surface area contributed by atoms with Crippen LogP contribution in [0.2, 0.25) is 5.02 Å². The van der Waals surface area contributed by atoms with E-state index in [2.05, 4.69) is 5.32 Å². The Morgan fingerprint density at radius 3 is 1.65 bits per heavy atom. The van der Waals surface area contributed by atoms with Gasteiger partial charge in [-0.25, -0.2) is 0 Å². The molecule has 0 saturated carbocycles. The van der Waals surface area contributed by atoms with Gasteiger partial charge in [0.1, 0.15) is 15.8 Å². The molecule has 1 fully saturated rings. The number of nitrogens with one attached hydrogen (secondary N) is 1. The number of likely N-dealkylation sites (tertiary alicyclic amines) is 1. The highest BCUT2D eigenvalue weighted by molar-refractivity contribution is 6.36. The molecule has 3 atom stereocenters. The lowest BCUT2D eigenvalue weighted by atomic mass is 9.54. The number of alkyl halides is 2. The van der Waals surface area contributed by atoms with Gasteiger partial charge in [-0.05, 0) is 46.0 Å². The lowest BCUT2D eigenvalue weighted by Crippen LogP contribution is -2.57. The van der Waals surface area contributed by atoms with Crippen molar-refractivity contribution in [2.75, 3.05) is 5.32 Å². The zero-order chi connectivity index (χ0) is 34.1. The molecule has 3 aliphatic carbocycles. The monoisotopic (exact) mass is 704 g/mol. The maximum Gasteiger partial charge on any atom is 0.248 e. The average molecular weight is 706 g/mol. The van der Waals surface area contributed by atoms with E-state index in [1.807, 2.05) is 78.9 Å². The van der Waals surface area contributed by atoms with Crippen molar-refractivity contribution in [2.45, 2.75) is 22.2 Å². The van der Waals surface area contributed by atoms with Gasteiger partial charge in [0.15, 0.2) is 5.78 Å². The third-order valence-corrected chi connectivity index (χ3v) is 11.5. The Balaban J connectivity index is 1.23. The summed E-state index contributed by atoms with van der Waals surface area (Å²) in [6.45, 7) is 0. The average Bonchev–Trinajstić information content (AvgIpc) is 3.41. The molecule has 3 amide bonds. The summed E-state index contributed by atoms with van der Waals surface area (Å²) in [6, 6.07) is 35.8. The number of halogens is 3. The number of benzene rings is 5. The summed E-state index contributed by atoms with van der Waals surface area (Å²) in [6.07, 6.45) is 0.0175. The fraction of sp³-hybridized carbons (Fsp3) is 0.150. The molecule has 6 nitrogen and oxygen atoms in total. The van der Waals surface area contributed by atoms with Crippen molar-refractivity contribution >= 4 is 64.0 Å². The normalized spacial score (nSPS) is 23.8. The van der Waals surface area contributed by atoms with E-state index in [4.69, 9.17) is 34.8 Å². The van der Waals surface area contributed by atoms with Gasteiger partial charge in [-0.3, -0.25) is 24.1 Å². The number of nitrogens with zero attached hydrogens (tertiary/aromatic N) is 1. The molecule has 5 aromatic rings. The van der Waals surface area contributed by atoms with Crippen molar-refractivity contribution in [3.8, 4) is 0 Å². The second kappa shape index (κ2) is 11.7. The Morgan fingerprint density at radius 2 is 1.14 bits per heavy atom. The van der Waals surface area contributed by atoms with E-state index in [1.165, 1.54) is 6.07 Å². The van der Waals surface area contributed by atoms with Crippen LogP contribution in [0.4, 0.5) is 5.69 Å². The van der Waals surface area contributed by atoms with Crippen LogP contribution >= 0.6 is 34.8 Å². The first-order valence-electron chi connectivity index (χ1n) is 15.8. The van der Waals surface area contributed by atoms with Crippen LogP contribution in [0, 0.1) is 11.8 Å². The Bertz CT molecular complexity index is 2070. The molecule has 9 rings (SSSR count). The summed E-state index contributed by atoms with van der Waals surface area (Å²) in [7, 11) is 0. The largest absolute Gasteiger partial charge is 0.324 e. The Kier molecular flexibility index (Phi) is 7.52. The van der Waals surface area contributed by atoms with Crippen LogP contribution in [0.25, 0.3) is 0 Å². The Hall–Kier alpha value is -4.75. The van der Waals surface area contributed by atoms with E-state index in [0.717, 1.165) is 10.5 Å². The van der Waals surface area contributed by atoms with Gasteiger partial charge in [-0.15, -0.1) is 23.2 Å². The summed E-state index contributed by atoms with van der Waals surface area (Å²) in [5.74, 6) is -4.29. The van der Waals surface area contributed by atoms with Gasteiger partial charge in [0.25, 0.3) is 0 Å². The molecule has 1 N–H and O–H groups in total. The minimum absolute atomic E-state index is 0.0175. The van der Waals surface area contributed by atoms with E-state index in [-0.39, 0.29) is 23.5 Å². The maximum atomic E-state index is 14.8. The van der Waals surface area contributed by atoms with Crippen LogP contribution in [0.3, 0.4) is 0 Å². The zero-order valence-electron chi connectivity index (χ0n) is 25.8. The molecule has 0 spiro atoms. The van der Waals surface area contributed by atoms with Gasteiger partial charge < -0.3 is 5.32 Å². The second-order valence-electron chi connectivity index (χ2n) is 12.6. The zero-order valence-corrected chi connectivity index (χ0v) is 28.0. The Labute approximate surface area is 297 Å². The van der Waals surface area contributed by atoms with Crippen LogP contribution in [0.15, 0.2) is 127 Å². The van der Waals surface area contributed by atoms with Crippen LogP contribution in [-0.4, -0.2) is 34.4 Å². The summed E-state index contributed by atoms with van der Waals surface area (Å²) < 4.78 is 0. The highest BCUT2D eigenvalue weighted by Gasteiger charge is 2.73. The van der Waals surface area contributed by atoms with Gasteiger partial charge in [-0.2, -0.15) is 0 Å². The number of anilines is 1. The molecule has 1 heterocycles. The quantitative estimate of drug-likeness (QED) is 0.107. The first kappa shape index (κ1) is 31.5. The molecule has 49 heavy (non-hydrogen) atoms. The topological polar surface area (TPSA) is 83.6 Å². The van der Waals surface area contributed by atoms with Gasteiger partial charge >= 0.3 is 0 Å². The predicted octanol–water partition coefficient (Wildman–Crippen LogP) is 7.71. The maximum absolute atomic E-state index is 14.8. The minimum Gasteiger partial charge on any atom is -0.324 e. The molecule has 242 valence electrons. The standard InChI is InChI=1S/C40H27Cl3N2O4/c41-25-19-20-31(26(22-25)35(46)24-13-5-2-6-14-24)44-36(47)32(21-23-11-3-1-4-12-23)45-37(48)33-34(38(45)49)40(43)28-16-8-7-15-27(28)39(33,42)29-17-9-10-18-30(29)40/h1-20,22,32-34H,21H2,(H,44,47)/t32-,33-,34+,39?,40?/m0/s1. The fourth-order valence-corrected chi connectivity index (χ4v) is 9.18. The smallest absolute Gasteiger partial charge is 0.248 e. The Morgan fingerprint density at radius 1 is 0.673 bits per heavy atom. The van der Waals surface area contributed by atoms with Gasteiger partial charge in [0, 0.05) is 22.6 Å². The highest BCUT2D eigenvalue weighted by Crippen LogP contribution is 2.69. The third kappa shape index (κ3) is 4.62. The molecule has 4 aliphatic rings. The summed E-state index contributed by atoms with van der Waals surface area (Å²) in [4.78, 5) is 56.0. The van der Waals surface area contributed by atoms with Gasteiger partial charge in [0.2, 0.25) is 17.7 Å². The number of ketones is 1. The van der Waals surface area contributed by atoms with Crippen LogP contribution in [0.1, 0.15) is 43.7 Å². The second-order valence-corrected chi connectivity index (χ2v) is 14.2. The van der Waals surface area contributed by atoms with Crippen LogP contribution < -0.4 is 5.32 Å². The van der Waals surface area contributed by atoms with Crippen molar-refractivity contribution < 1.29 is 19.2 Å². The summed E-state index contributed by atoms with van der Waals surface area (Å²) >= 11 is 21.6. The molecular formula is C40H27Cl3N2O4. The molecule has 0 unspecified atom stereocenters. The van der Waals surface area contributed by atoms with Crippen molar-refractivity contribution in [1.29, 1.82) is 0 Å². The third-order valence-electron chi connectivity index (χ3n) is 10.0. The first-order valence-corrected chi connectivity index (χ1v) is 17.0. The minimum atomic E-state index is -1.39. The van der Waals surface area contributed by atoms with Crippen molar-refractivity contribution in [3.05, 3.63) is 171 Å². The van der Waals surface area contributed by atoms with Crippen LogP contribution in [0.5, 0.6) is 0 Å². The van der Waals surface area contributed by atoms with Crippen molar-refractivity contribution in [3.63, 3.8) is 0 Å². The van der Waals surface area contributed by atoms with E-state index < -0.39 is 45.3 Å². The van der Waals surface area contributed by atoms with Gasteiger partial charge in [0.05, 0.1) is 17.5 Å². The number of rotatable bonds is 7. The van der Waals surface area contributed by atoms with Crippen LogP contribution in [-0.2, 0) is 30.6 Å². The van der Waals surface area contributed by atoms with E-state index in [9.17, 15) is 19.2 Å². The first-order chi connectivity index (χ1) is 23.7. The van der Waals surface area contributed by atoms with Gasteiger partial charge in [-0.1, -0.05) is 121 Å². The van der Waals surface area contributed by atoms with E-state index in [1.54, 1.807) is 42.5 Å². The molecule has 1 saturated heterocycles. The van der Waals surface area contributed by atoms with E-state index in [0.29, 0.717) is 32.8 Å². The van der Waals surface area contributed by atoms with Crippen molar-refractivity contribution in [1.82, 2.24) is 4.90 Å². The lowest BCUT2D eigenvalue weighted by molar-refractivity contribution is -0.146. The molecule has 9 heteroatoms. The fourth-order valence-electron chi connectivity index (χ4n) is 7.91. The molecule has 5 aromatic carbocycles. The summed E-state index contributed by atoms with van der Waals surface area (Å²) in [5, 5.41) is 3.18. The van der Waals surface area contributed by atoms with E-state index >= 15 is 0 Å². The molecule has 2 bridgehead atoms. The molecule has 0 aromatic heterocycles. The lowest BCUT2D eigenvalue weighted by Gasteiger charge is -2.54. The number of carbonyl (C=O) groups excluding carboxylic acids is 4. The molecular weight excluding hydrogens is 679 g/mol. The number of hydrogen-bond donors (Lipinski definition) is 1. The van der Waals surface area contributed by atoms with Crippen molar-refractivity contribution in [2.24, 2.45) is 11.8 Å². The molecule has 1 aliphatic heterocycles. The number of carbonyl (C=O) groups is 4. The number of hydrogen-bond acceptors (Lipinski definition) is 4. The number of amides is 3. The number of imide groups is 1. The molecule has 0 radical (unpaired) electrons.